The monoisotopic (exact) mass is 353 g/mol. The molecule has 21 heavy (non-hydrogen) atoms. The number of ether oxygens (including phenoxy) is 1. The van der Waals surface area contributed by atoms with Crippen LogP contribution in [0.3, 0.4) is 0 Å². The third-order valence-electron chi connectivity index (χ3n) is 3.05. The van der Waals surface area contributed by atoms with E-state index < -0.39 is 6.10 Å². The molecule has 0 fully saturated rings. The van der Waals surface area contributed by atoms with Gasteiger partial charge >= 0.3 is 0 Å². The van der Waals surface area contributed by atoms with E-state index >= 15 is 0 Å². The number of halogens is 2. The standard InChI is InChI=1S/C14H21Cl2NO3S/c1-9(13(7-18)21-2)17-6-10(19)8-20-14-11(15)4-3-5-12(14)16/h3-5,9-10,13,17-19H,6-8H2,1-2H3. The van der Waals surface area contributed by atoms with Crippen LogP contribution in [0.25, 0.3) is 0 Å². The van der Waals surface area contributed by atoms with Crippen LogP contribution in [-0.2, 0) is 0 Å². The summed E-state index contributed by atoms with van der Waals surface area (Å²) in [4.78, 5) is 0. The Hall–Kier alpha value is -0.170. The van der Waals surface area contributed by atoms with Gasteiger partial charge in [0.15, 0.2) is 5.75 Å². The average molecular weight is 354 g/mol. The van der Waals surface area contributed by atoms with Gasteiger partial charge in [0.1, 0.15) is 12.7 Å². The first-order chi connectivity index (χ1) is 9.99. The molecule has 0 saturated carbocycles. The zero-order chi connectivity index (χ0) is 15.8. The molecular formula is C14H21Cl2NO3S. The fourth-order valence-electron chi connectivity index (χ4n) is 1.75. The van der Waals surface area contributed by atoms with Crippen LogP contribution in [0.4, 0.5) is 0 Å². The van der Waals surface area contributed by atoms with Gasteiger partial charge in [-0.3, -0.25) is 0 Å². The quantitative estimate of drug-likeness (QED) is 0.636. The number of thioether (sulfide) groups is 1. The van der Waals surface area contributed by atoms with Crippen LogP contribution in [0.15, 0.2) is 18.2 Å². The second kappa shape index (κ2) is 9.77. The molecule has 3 N–H and O–H groups in total. The minimum Gasteiger partial charge on any atom is -0.488 e. The molecule has 0 aromatic heterocycles. The lowest BCUT2D eigenvalue weighted by Gasteiger charge is -2.23. The number of hydrogen-bond acceptors (Lipinski definition) is 5. The van der Waals surface area contributed by atoms with Crippen LogP contribution < -0.4 is 10.1 Å². The molecule has 0 aliphatic heterocycles. The number of para-hydroxylation sites is 1. The molecule has 0 amide bonds. The molecule has 1 aromatic carbocycles. The van der Waals surface area contributed by atoms with Crippen molar-refractivity contribution in [3.63, 3.8) is 0 Å². The van der Waals surface area contributed by atoms with Crippen molar-refractivity contribution in [1.82, 2.24) is 5.32 Å². The van der Waals surface area contributed by atoms with Crippen molar-refractivity contribution in [1.29, 1.82) is 0 Å². The van der Waals surface area contributed by atoms with Crippen LogP contribution in [0.2, 0.25) is 10.0 Å². The number of rotatable bonds is 9. The van der Waals surface area contributed by atoms with Crippen LogP contribution in [0, 0.1) is 0 Å². The van der Waals surface area contributed by atoms with Crippen molar-refractivity contribution in [3.8, 4) is 5.75 Å². The molecular weight excluding hydrogens is 333 g/mol. The first kappa shape index (κ1) is 18.9. The molecule has 0 bridgehead atoms. The Morgan fingerprint density at radius 2 is 1.95 bits per heavy atom. The Labute approximate surface area is 139 Å². The molecule has 3 atom stereocenters. The maximum absolute atomic E-state index is 9.93. The van der Waals surface area contributed by atoms with E-state index in [1.165, 1.54) is 0 Å². The number of benzene rings is 1. The maximum atomic E-state index is 9.93. The SMILES string of the molecule is CSC(CO)C(C)NCC(O)COc1c(Cl)cccc1Cl. The van der Waals surface area contributed by atoms with E-state index in [2.05, 4.69) is 5.32 Å². The zero-order valence-electron chi connectivity index (χ0n) is 12.1. The molecule has 0 spiro atoms. The lowest BCUT2D eigenvalue weighted by molar-refractivity contribution is 0.103. The molecule has 120 valence electrons. The molecule has 7 heteroatoms. The zero-order valence-corrected chi connectivity index (χ0v) is 14.4. The van der Waals surface area contributed by atoms with Gasteiger partial charge < -0.3 is 20.3 Å². The normalized spacial score (nSPS) is 15.5. The van der Waals surface area contributed by atoms with Gasteiger partial charge in [0.2, 0.25) is 0 Å². The van der Waals surface area contributed by atoms with Gasteiger partial charge in [-0.05, 0) is 25.3 Å². The molecule has 0 heterocycles. The van der Waals surface area contributed by atoms with Crippen molar-refractivity contribution >= 4 is 35.0 Å². The van der Waals surface area contributed by atoms with Crippen LogP contribution in [0.5, 0.6) is 5.75 Å². The van der Waals surface area contributed by atoms with E-state index in [-0.39, 0.29) is 24.5 Å². The molecule has 3 unspecified atom stereocenters. The molecule has 4 nitrogen and oxygen atoms in total. The summed E-state index contributed by atoms with van der Waals surface area (Å²) in [7, 11) is 0. The highest BCUT2D eigenvalue weighted by molar-refractivity contribution is 7.99. The number of nitrogens with one attached hydrogen (secondary N) is 1. The summed E-state index contributed by atoms with van der Waals surface area (Å²) in [6.45, 7) is 2.51. The molecule has 0 radical (unpaired) electrons. The lowest BCUT2D eigenvalue weighted by atomic mass is 10.2. The third-order valence-corrected chi connectivity index (χ3v) is 4.81. The van der Waals surface area contributed by atoms with Gasteiger partial charge in [-0.25, -0.2) is 0 Å². The number of aliphatic hydroxyl groups excluding tert-OH is 2. The van der Waals surface area contributed by atoms with Gasteiger partial charge in [0.05, 0.1) is 16.7 Å². The highest BCUT2D eigenvalue weighted by atomic mass is 35.5. The Kier molecular flexibility index (Phi) is 8.78. The predicted molar refractivity (Wildman–Crippen MR) is 89.8 cm³/mol. The van der Waals surface area contributed by atoms with Gasteiger partial charge in [-0.15, -0.1) is 0 Å². The van der Waals surface area contributed by atoms with Crippen LogP contribution >= 0.6 is 35.0 Å². The topological polar surface area (TPSA) is 61.7 Å². The Morgan fingerprint density at radius 3 is 2.48 bits per heavy atom. The Balaban J connectivity index is 2.39. The van der Waals surface area contributed by atoms with Crippen molar-refractivity contribution in [2.24, 2.45) is 0 Å². The first-order valence-electron chi connectivity index (χ1n) is 6.61. The van der Waals surface area contributed by atoms with Crippen molar-refractivity contribution in [3.05, 3.63) is 28.2 Å². The van der Waals surface area contributed by atoms with E-state index in [0.29, 0.717) is 22.3 Å². The molecule has 0 aliphatic carbocycles. The Morgan fingerprint density at radius 1 is 1.33 bits per heavy atom. The summed E-state index contributed by atoms with van der Waals surface area (Å²) in [6.07, 6.45) is 1.25. The number of hydrogen-bond donors (Lipinski definition) is 3. The van der Waals surface area contributed by atoms with E-state index in [4.69, 9.17) is 27.9 Å². The van der Waals surface area contributed by atoms with Gasteiger partial charge in [-0.1, -0.05) is 29.3 Å². The van der Waals surface area contributed by atoms with E-state index in [1.54, 1.807) is 30.0 Å². The minimum absolute atomic E-state index is 0.0866. The van der Waals surface area contributed by atoms with Crippen molar-refractivity contribution < 1.29 is 14.9 Å². The van der Waals surface area contributed by atoms with Crippen molar-refractivity contribution in [2.75, 3.05) is 26.0 Å². The molecule has 0 aliphatic rings. The van der Waals surface area contributed by atoms with E-state index in [1.807, 2.05) is 13.2 Å². The lowest BCUT2D eigenvalue weighted by Crippen LogP contribution is -2.42. The summed E-state index contributed by atoms with van der Waals surface area (Å²) in [5, 5.41) is 23.2. The van der Waals surface area contributed by atoms with Gasteiger partial charge in [-0.2, -0.15) is 11.8 Å². The first-order valence-corrected chi connectivity index (χ1v) is 8.65. The summed E-state index contributed by atoms with van der Waals surface area (Å²) in [6, 6.07) is 5.18. The largest absolute Gasteiger partial charge is 0.488 e. The summed E-state index contributed by atoms with van der Waals surface area (Å²) in [5.41, 5.74) is 0. The summed E-state index contributed by atoms with van der Waals surface area (Å²) >= 11 is 13.5. The van der Waals surface area contributed by atoms with Gasteiger partial charge in [0, 0.05) is 17.8 Å². The fourth-order valence-corrected chi connectivity index (χ4v) is 2.91. The smallest absolute Gasteiger partial charge is 0.156 e. The maximum Gasteiger partial charge on any atom is 0.156 e. The average Bonchev–Trinajstić information content (AvgIpc) is 2.46. The second-order valence-electron chi connectivity index (χ2n) is 4.67. The third kappa shape index (κ3) is 6.22. The summed E-state index contributed by atoms with van der Waals surface area (Å²) < 4.78 is 5.47. The van der Waals surface area contributed by atoms with E-state index in [9.17, 15) is 10.2 Å². The number of aliphatic hydroxyl groups is 2. The Bertz CT molecular complexity index is 412. The fraction of sp³-hybridized carbons (Fsp3) is 0.571. The highest BCUT2D eigenvalue weighted by Crippen LogP contribution is 2.32. The van der Waals surface area contributed by atoms with Gasteiger partial charge in [0.25, 0.3) is 0 Å². The summed E-state index contributed by atoms with van der Waals surface area (Å²) in [5.74, 6) is 0.380. The minimum atomic E-state index is -0.694. The molecule has 1 rings (SSSR count). The highest BCUT2D eigenvalue weighted by Gasteiger charge is 2.16. The molecule has 1 aromatic rings. The van der Waals surface area contributed by atoms with Crippen LogP contribution in [0.1, 0.15) is 6.92 Å². The van der Waals surface area contributed by atoms with Crippen LogP contribution in [-0.4, -0.2) is 53.6 Å². The predicted octanol–water partition coefficient (Wildman–Crippen LogP) is 2.44. The molecule has 0 saturated heterocycles. The van der Waals surface area contributed by atoms with E-state index in [0.717, 1.165) is 0 Å². The van der Waals surface area contributed by atoms with Crippen molar-refractivity contribution in [2.45, 2.75) is 24.3 Å². The second-order valence-corrected chi connectivity index (χ2v) is 6.56.